The molecule has 0 saturated carbocycles. The first-order valence-corrected chi connectivity index (χ1v) is 7.27. The van der Waals surface area contributed by atoms with Crippen LogP contribution in [-0.4, -0.2) is 33.7 Å². The number of aromatic nitrogens is 1. The molecule has 4 heteroatoms. The van der Waals surface area contributed by atoms with E-state index < -0.39 is 5.60 Å². The summed E-state index contributed by atoms with van der Waals surface area (Å²) in [5.74, 6) is 0.334. The van der Waals surface area contributed by atoms with Crippen molar-refractivity contribution >= 4 is 11.3 Å². The highest BCUT2D eigenvalue weighted by atomic mass is 32.1. The average Bonchev–Trinajstić information content (AvgIpc) is 2.72. The van der Waals surface area contributed by atoms with Gasteiger partial charge in [-0.05, 0) is 25.7 Å². The van der Waals surface area contributed by atoms with E-state index in [4.69, 9.17) is 0 Å². The molecule has 3 nitrogen and oxygen atoms in total. The number of nitrogens with zero attached hydrogens (tertiary/aromatic N) is 2. The van der Waals surface area contributed by atoms with Gasteiger partial charge in [0.2, 0.25) is 0 Å². The third-order valence-corrected chi connectivity index (χ3v) is 4.86. The van der Waals surface area contributed by atoms with Crippen LogP contribution in [0.15, 0.2) is 5.38 Å². The van der Waals surface area contributed by atoms with Crippen molar-refractivity contribution in [1.82, 2.24) is 9.88 Å². The van der Waals surface area contributed by atoms with E-state index in [-0.39, 0.29) is 0 Å². The summed E-state index contributed by atoms with van der Waals surface area (Å²) in [7, 11) is 0. The zero-order chi connectivity index (χ0) is 12.5. The summed E-state index contributed by atoms with van der Waals surface area (Å²) in [6.45, 7) is 9.08. The summed E-state index contributed by atoms with van der Waals surface area (Å²) in [4.78, 5) is 7.00. The van der Waals surface area contributed by atoms with Crippen molar-refractivity contribution < 1.29 is 5.11 Å². The van der Waals surface area contributed by atoms with Gasteiger partial charge < -0.3 is 5.11 Å². The summed E-state index contributed by atoms with van der Waals surface area (Å²) >= 11 is 1.75. The summed E-state index contributed by atoms with van der Waals surface area (Å²) in [5, 5.41) is 13.5. The number of hydrogen-bond donors (Lipinski definition) is 1. The van der Waals surface area contributed by atoms with Crippen molar-refractivity contribution in [3.05, 3.63) is 16.1 Å². The van der Waals surface area contributed by atoms with Crippen molar-refractivity contribution in [2.75, 3.05) is 13.1 Å². The van der Waals surface area contributed by atoms with Crippen molar-refractivity contribution in [1.29, 1.82) is 0 Å². The van der Waals surface area contributed by atoms with Gasteiger partial charge in [-0.25, -0.2) is 4.98 Å². The van der Waals surface area contributed by atoms with Gasteiger partial charge in [0.1, 0.15) is 0 Å². The van der Waals surface area contributed by atoms with Gasteiger partial charge >= 0.3 is 0 Å². The fourth-order valence-electron chi connectivity index (χ4n) is 2.26. The number of rotatable bonds is 3. The van der Waals surface area contributed by atoms with E-state index in [9.17, 15) is 5.11 Å². The molecule has 1 saturated heterocycles. The predicted molar refractivity (Wildman–Crippen MR) is 71.2 cm³/mol. The first-order chi connectivity index (χ1) is 8.01. The largest absolute Gasteiger partial charge is 0.390 e. The Hall–Kier alpha value is -0.450. The summed E-state index contributed by atoms with van der Waals surface area (Å²) in [6, 6.07) is 0. The Bertz CT molecular complexity index is 375. The van der Waals surface area contributed by atoms with Crippen LogP contribution in [0.1, 0.15) is 37.9 Å². The highest BCUT2D eigenvalue weighted by Crippen LogP contribution is 2.28. The first kappa shape index (κ1) is 13.0. The Morgan fingerprint density at radius 2 is 2.41 bits per heavy atom. The summed E-state index contributed by atoms with van der Waals surface area (Å²) in [6.07, 6.45) is 1.88. The van der Waals surface area contributed by atoms with Gasteiger partial charge in [-0.15, -0.1) is 11.3 Å². The second kappa shape index (κ2) is 5.04. The number of piperidine rings is 1. The van der Waals surface area contributed by atoms with E-state index in [1.165, 1.54) is 10.7 Å². The van der Waals surface area contributed by atoms with Crippen LogP contribution in [0.2, 0.25) is 0 Å². The Labute approximate surface area is 107 Å². The Kier molecular flexibility index (Phi) is 3.85. The maximum absolute atomic E-state index is 10.1. The van der Waals surface area contributed by atoms with Crippen LogP contribution >= 0.6 is 11.3 Å². The number of hydrogen-bond acceptors (Lipinski definition) is 4. The molecule has 17 heavy (non-hydrogen) atoms. The van der Waals surface area contributed by atoms with Crippen molar-refractivity contribution in [3.8, 4) is 0 Å². The van der Waals surface area contributed by atoms with Crippen LogP contribution in [0.4, 0.5) is 0 Å². The quantitative estimate of drug-likeness (QED) is 0.899. The molecular weight excluding hydrogens is 232 g/mol. The van der Waals surface area contributed by atoms with Gasteiger partial charge in [-0.2, -0.15) is 0 Å². The zero-order valence-corrected chi connectivity index (χ0v) is 11.8. The molecule has 0 amide bonds. The third-order valence-electron chi connectivity index (χ3n) is 3.82. The van der Waals surface area contributed by atoms with Gasteiger partial charge in [0, 0.05) is 25.0 Å². The average molecular weight is 254 g/mol. The molecular formula is C13H22N2OS. The second-order valence-corrected chi connectivity index (χ2v) is 6.27. The molecule has 0 unspecified atom stereocenters. The van der Waals surface area contributed by atoms with Crippen LogP contribution in [0.3, 0.4) is 0 Å². The van der Waals surface area contributed by atoms with Crippen molar-refractivity contribution in [2.45, 2.75) is 45.8 Å². The van der Waals surface area contributed by atoms with E-state index in [1.54, 1.807) is 11.3 Å². The minimum absolute atomic E-state index is 0.334. The molecule has 2 rings (SSSR count). The van der Waals surface area contributed by atoms with Crippen LogP contribution < -0.4 is 0 Å². The maximum Gasteiger partial charge on any atom is 0.0926 e. The smallest absolute Gasteiger partial charge is 0.0926 e. The number of likely N-dealkylation sites (tertiary alicyclic amines) is 1. The van der Waals surface area contributed by atoms with Crippen LogP contribution in [-0.2, 0) is 13.0 Å². The topological polar surface area (TPSA) is 36.4 Å². The van der Waals surface area contributed by atoms with Crippen LogP contribution in [0, 0.1) is 5.92 Å². The molecule has 0 spiro atoms. The van der Waals surface area contributed by atoms with E-state index >= 15 is 0 Å². The highest BCUT2D eigenvalue weighted by molar-refractivity contribution is 7.09. The lowest BCUT2D eigenvalue weighted by Crippen LogP contribution is -2.48. The molecule has 0 radical (unpaired) electrons. The first-order valence-electron chi connectivity index (χ1n) is 6.39. The van der Waals surface area contributed by atoms with Crippen LogP contribution in [0.25, 0.3) is 0 Å². The Balaban J connectivity index is 1.92. The fraction of sp³-hybridized carbons (Fsp3) is 0.769. The molecule has 1 fully saturated rings. The lowest BCUT2D eigenvalue weighted by molar-refractivity contribution is -0.0526. The van der Waals surface area contributed by atoms with Gasteiger partial charge in [-0.1, -0.05) is 13.8 Å². The number of aliphatic hydroxyl groups is 1. The lowest BCUT2D eigenvalue weighted by Gasteiger charge is -2.40. The SMILES string of the molecule is CCc1nc(CN2CC[C@](C)(O)[C@H](C)C2)cs1. The summed E-state index contributed by atoms with van der Waals surface area (Å²) in [5.41, 5.74) is 0.688. The molecule has 0 aromatic carbocycles. The molecule has 1 aromatic rings. The zero-order valence-electron chi connectivity index (χ0n) is 10.9. The fourth-order valence-corrected chi connectivity index (χ4v) is 3.00. The molecule has 0 bridgehead atoms. The lowest BCUT2D eigenvalue weighted by atomic mass is 9.84. The Morgan fingerprint density at radius 1 is 1.65 bits per heavy atom. The highest BCUT2D eigenvalue weighted by Gasteiger charge is 2.34. The standard InChI is InChI=1S/C13H22N2OS/c1-4-12-14-11(9-17-12)8-15-6-5-13(3,16)10(2)7-15/h9-10,16H,4-8H2,1-3H3/t10-,13+/m1/s1. The number of aryl methyl sites for hydroxylation is 1. The number of thiazole rings is 1. The molecule has 1 aliphatic rings. The van der Waals surface area contributed by atoms with Crippen molar-refractivity contribution in [3.63, 3.8) is 0 Å². The maximum atomic E-state index is 10.1. The normalized spacial score (nSPS) is 30.7. The summed E-state index contributed by atoms with van der Waals surface area (Å²) < 4.78 is 0. The monoisotopic (exact) mass is 254 g/mol. The van der Waals surface area contributed by atoms with Gasteiger partial charge in [0.25, 0.3) is 0 Å². The third kappa shape index (κ3) is 3.06. The molecule has 1 aliphatic heterocycles. The molecule has 2 heterocycles. The van der Waals surface area contributed by atoms with Crippen LogP contribution in [0.5, 0.6) is 0 Å². The van der Waals surface area contributed by atoms with E-state index in [2.05, 4.69) is 29.1 Å². The van der Waals surface area contributed by atoms with E-state index in [1.807, 2.05) is 6.92 Å². The van der Waals surface area contributed by atoms with E-state index in [0.29, 0.717) is 5.92 Å². The minimum atomic E-state index is -0.493. The van der Waals surface area contributed by atoms with E-state index in [0.717, 1.165) is 32.5 Å². The molecule has 2 atom stereocenters. The molecule has 96 valence electrons. The van der Waals surface area contributed by atoms with Crippen molar-refractivity contribution in [2.24, 2.45) is 5.92 Å². The minimum Gasteiger partial charge on any atom is -0.390 e. The van der Waals surface area contributed by atoms with Gasteiger partial charge in [0.15, 0.2) is 0 Å². The molecule has 1 N–H and O–H groups in total. The second-order valence-electron chi connectivity index (χ2n) is 5.33. The van der Waals surface area contributed by atoms with Gasteiger partial charge in [0.05, 0.1) is 16.3 Å². The predicted octanol–water partition coefficient (Wildman–Crippen LogP) is 2.30. The Morgan fingerprint density at radius 3 is 3.00 bits per heavy atom. The molecule has 0 aliphatic carbocycles. The molecule has 1 aromatic heterocycles. The van der Waals surface area contributed by atoms with Gasteiger partial charge in [-0.3, -0.25) is 4.90 Å².